The molecule has 0 radical (unpaired) electrons. The number of unbranched alkanes of at least 4 members (excludes halogenated alkanes) is 2. The Labute approximate surface area is 122 Å². The van der Waals surface area contributed by atoms with Gasteiger partial charge in [-0.3, -0.25) is 0 Å². The van der Waals surface area contributed by atoms with Crippen molar-refractivity contribution < 1.29 is 13.9 Å². The van der Waals surface area contributed by atoms with Crippen molar-refractivity contribution in [2.45, 2.75) is 89.6 Å². The normalized spacial score (nSPS) is 42.6. The average Bonchev–Trinajstić information content (AvgIpc) is 2.46. The van der Waals surface area contributed by atoms with Crippen LogP contribution in [0.15, 0.2) is 0 Å². The molecular formula is C17H30F2O. The van der Waals surface area contributed by atoms with Crippen molar-refractivity contribution in [1.29, 1.82) is 0 Å². The molecule has 0 aliphatic heterocycles. The van der Waals surface area contributed by atoms with Gasteiger partial charge in [0.1, 0.15) is 6.17 Å². The first kappa shape index (κ1) is 16.2. The summed E-state index contributed by atoms with van der Waals surface area (Å²) in [5.41, 5.74) is 0. The van der Waals surface area contributed by atoms with Gasteiger partial charge in [0.15, 0.2) is 6.17 Å². The van der Waals surface area contributed by atoms with E-state index in [1.165, 1.54) is 38.5 Å². The van der Waals surface area contributed by atoms with Gasteiger partial charge in [0.05, 0.1) is 6.10 Å². The smallest absolute Gasteiger partial charge is 0.157 e. The van der Waals surface area contributed by atoms with Crippen LogP contribution in [0.4, 0.5) is 8.78 Å². The van der Waals surface area contributed by atoms with Crippen LogP contribution in [-0.2, 0) is 0 Å². The third-order valence-corrected chi connectivity index (χ3v) is 5.59. The highest BCUT2D eigenvalue weighted by molar-refractivity contribution is 4.92. The zero-order valence-corrected chi connectivity index (χ0v) is 12.7. The molecule has 20 heavy (non-hydrogen) atoms. The summed E-state index contributed by atoms with van der Waals surface area (Å²) in [4.78, 5) is 0. The van der Waals surface area contributed by atoms with Crippen LogP contribution < -0.4 is 0 Å². The summed E-state index contributed by atoms with van der Waals surface area (Å²) in [5.74, 6) is 1.01. The van der Waals surface area contributed by atoms with E-state index >= 15 is 0 Å². The molecule has 0 saturated heterocycles. The van der Waals surface area contributed by atoms with Gasteiger partial charge in [-0.1, -0.05) is 45.4 Å². The molecule has 3 heteroatoms. The van der Waals surface area contributed by atoms with Crippen LogP contribution in [0.5, 0.6) is 0 Å². The highest BCUT2D eigenvalue weighted by atomic mass is 19.2. The minimum Gasteiger partial charge on any atom is -0.390 e. The molecular weight excluding hydrogens is 258 g/mol. The Morgan fingerprint density at radius 1 is 0.900 bits per heavy atom. The average molecular weight is 288 g/mol. The highest BCUT2D eigenvalue weighted by Gasteiger charge is 2.43. The second-order valence-corrected chi connectivity index (χ2v) is 6.97. The van der Waals surface area contributed by atoms with Crippen LogP contribution in [0.2, 0.25) is 0 Å². The first-order valence-electron chi connectivity index (χ1n) is 8.59. The molecule has 0 heterocycles. The summed E-state index contributed by atoms with van der Waals surface area (Å²) < 4.78 is 27.7. The van der Waals surface area contributed by atoms with Crippen LogP contribution in [0.25, 0.3) is 0 Å². The Kier molecular flexibility index (Phi) is 6.25. The lowest BCUT2D eigenvalue weighted by atomic mass is 9.69. The van der Waals surface area contributed by atoms with E-state index in [1.807, 2.05) is 0 Å². The molecule has 4 atom stereocenters. The molecule has 0 aromatic heterocycles. The molecule has 4 unspecified atom stereocenters. The standard InChI is InChI=1S/C17H30F2O/c1-2-3-4-5-12-6-8-13(9-7-12)14-10-11-15(20)17(19)16(14)18/h12-17,20H,2-11H2,1H3. The van der Waals surface area contributed by atoms with E-state index in [0.717, 1.165) is 18.8 Å². The van der Waals surface area contributed by atoms with Crippen LogP contribution in [0.1, 0.15) is 71.1 Å². The van der Waals surface area contributed by atoms with Crippen LogP contribution in [0.3, 0.4) is 0 Å². The van der Waals surface area contributed by atoms with Crippen molar-refractivity contribution >= 4 is 0 Å². The summed E-state index contributed by atoms with van der Waals surface area (Å²) in [6, 6.07) is 0. The molecule has 1 N–H and O–H groups in total. The van der Waals surface area contributed by atoms with Gasteiger partial charge in [-0.05, 0) is 43.4 Å². The summed E-state index contributed by atoms with van der Waals surface area (Å²) in [6.45, 7) is 2.23. The fourth-order valence-electron chi connectivity index (χ4n) is 4.21. The third kappa shape index (κ3) is 3.93. The summed E-state index contributed by atoms with van der Waals surface area (Å²) >= 11 is 0. The zero-order valence-electron chi connectivity index (χ0n) is 12.7. The molecule has 0 aromatic carbocycles. The van der Waals surface area contributed by atoms with Gasteiger partial charge >= 0.3 is 0 Å². The Hall–Kier alpha value is -0.180. The maximum atomic E-state index is 14.1. The van der Waals surface area contributed by atoms with E-state index in [1.54, 1.807) is 0 Å². The molecule has 0 bridgehead atoms. The van der Waals surface area contributed by atoms with Crippen molar-refractivity contribution in [2.75, 3.05) is 0 Å². The largest absolute Gasteiger partial charge is 0.390 e. The van der Waals surface area contributed by atoms with E-state index in [2.05, 4.69) is 6.92 Å². The van der Waals surface area contributed by atoms with E-state index in [-0.39, 0.29) is 5.92 Å². The lowest BCUT2D eigenvalue weighted by Crippen LogP contribution is -2.44. The molecule has 0 spiro atoms. The van der Waals surface area contributed by atoms with Crippen molar-refractivity contribution in [2.24, 2.45) is 17.8 Å². The Bertz CT molecular complexity index is 276. The van der Waals surface area contributed by atoms with Gasteiger partial charge in [-0.25, -0.2) is 8.78 Å². The van der Waals surface area contributed by atoms with Gasteiger partial charge in [0, 0.05) is 0 Å². The Morgan fingerprint density at radius 2 is 1.60 bits per heavy atom. The molecule has 2 saturated carbocycles. The predicted octanol–water partition coefficient (Wildman–Crippen LogP) is 4.82. The van der Waals surface area contributed by atoms with E-state index < -0.39 is 18.4 Å². The number of alkyl halides is 2. The Morgan fingerprint density at radius 3 is 2.25 bits per heavy atom. The van der Waals surface area contributed by atoms with Crippen molar-refractivity contribution in [3.8, 4) is 0 Å². The van der Waals surface area contributed by atoms with E-state index in [4.69, 9.17) is 0 Å². The van der Waals surface area contributed by atoms with Gasteiger partial charge in [-0.15, -0.1) is 0 Å². The first-order chi connectivity index (χ1) is 9.63. The molecule has 0 amide bonds. The summed E-state index contributed by atoms with van der Waals surface area (Å²) in [5, 5.41) is 9.41. The molecule has 0 aromatic rings. The quantitative estimate of drug-likeness (QED) is 0.719. The number of aliphatic hydroxyl groups excluding tert-OH is 1. The van der Waals surface area contributed by atoms with Crippen molar-refractivity contribution in [3.05, 3.63) is 0 Å². The van der Waals surface area contributed by atoms with Crippen molar-refractivity contribution in [1.82, 2.24) is 0 Å². The minimum absolute atomic E-state index is 0.148. The molecule has 2 fully saturated rings. The van der Waals surface area contributed by atoms with Gasteiger partial charge < -0.3 is 5.11 Å². The lowest BCUT2D eigenvalue weighted by Gasteiger charge is -2.40. The SMILES string of the molecule is CCCCCC1CCC(C2CCC(O)C(F)C2F)CC1. The van der Waals surface area contributed by atoms with E-state index in [0.29, 0.717) is 18.8 Å². The van der Waals surface area contributed by atoms with Crippen LogP contribution >= 0.6 is 0 Å². The minimum atomic E-state index is -1.66. The van der Waals surface area contributed by atoms with E-state index in [9.17, 15) is 13.9 Å². The third-order valence-electron chi connectivity index (χ3n) is 5.59. The number of halogens is 2. The topological polar surface area (TPSA) is 20.2 Å². The lowest BCUT2D eigenvalue weighted by molar-refractivity contribution is -0.0548. The molecule has 118 valence electrons. The van der Waals surface area contributed by atoms with Crippen LogP contribution in [-0.4, -0.2) is 23.6 Å². The van der Waals surface area contributed by atoms with Gasteiger partial charge in [0.2, 0.25) is 0 Å². The van der Waals surface area contributed by atoms with Crippen LogP contribution in [0, 0.1) is 17.8 Å². The maximum absolute atomic E-state index is 14.1. The molecule has 2 aliphatic rings. The second kappa shape index (κ2) is 7.72. The summed E-state index contributed by atoms with van der Waals surface area (Å²) in [6.07, 6.45) is 6.63. The zero-order chi connectivity index (χ0) is 14.5. The number of hydrogen-bond acceptors (Lipinski definition) is 1. The predicted molar refractivity (Wildman–Crippen MR) is 78.1 cm³/mol. The highest BCUT2D eigenvalue weighted by Crippen LogP contribution is 2.43. The maximum Gasteiger partial charge on any atom is 0.157 e. The molecule has 2 rings (SSSR count). The fraction of sp³-hybridized carbons (Fsp3) is 1.00. The molecule has 2 aliphatic carbocycles. The van der Waals surface area contributed by atoms with Gasteiger partial charge in [-0.2, -0.15) is 0 Å². The first-order valence-corrected chi connectivity index (χ1v) is 8.59. The van der Waals surface area contributed by atoms with Crippen molar-refractivity contribution in [3.63, 3.8) is 0 Å². The second-order valence-electron chi connectivity index (χ2n) is 6.97. The fourth-order valence-corrected chi connectivity index (χ4v) is 4.21. The number of rotatable bonds is 5. The monoisotopic (exact) mass is 288 g/mol. The summed E-state index contributed by atoms with van der Waals surface area (Å²) in [7, 11) is 0. The van der Waals surface area contributed by atoms with Gasteiger partial charge in [0.25, 0.3) is 0 Å². The number of hydrogen-bond donors (Lipinski definition) is 1. The Balaban J connectivity index is 1.76. The number of aliphatic hydroxyl groups is 1. The molecule has 1 nitrogen and oxygen atoms in total.